The molecule has 2 aromatic rings. The number of carbonyl (C=O) groups is 1. The first kappa shape index (κ1) is 20.5. The minimum absolute atomic E-state index is 0.0828. The molecule has 1 aliphatic rings. The monoisotopic (exact) mass is 386 g/mol. The molecule has 2 N–H and O–H groups in total. The average Bonchev–Trinajstić information content (AvgIpc) is 3.36. The lowest BCUT2D eigenvalue weighted by atomic mass is 10.0. The van der Waals surface area contributed by atoms with Crippen LogP contribution in [-0.4, -0.2) is 47.0 Å². The second-order valence-electron chi connectivity index (χ2n) is 7.76. The molecule has 152 valence electrons. The zero-order valence-corrected chi connectivity index (χ0v) is 16.5. The van der Waals surface area contributed by atoms with Crippen LogP contribution < -0.4 is 5.32 Å². The fourth-order valence-electron chi connectivity index (χ4n) is 3.91. The molecule has 1 fully saturated rings. The summed E-state index contributed by atoms with van der Waals surface area (Å²) in [5.74, 6) is 0.617. The van der Waals surface area contributed by atoms with E-state index in [4.69, 9.17) is 0 Å². The Morgan fingerprint density at radius 3 is 3.07 bits per heavy atom. The first-order chi connectivity index (χ1) is 13.7. The molecule has 0 bridgehead atoms. The molecule has 2 heterocycles. The number of unbranched alkanes of at least 4 members (excludes halogenated alkanes) is 1. The van der Waals surface area contributed by atoms with E-state index in [1.54, 1.807) is 12.4 Å². The molecule has 0 saturated carbocycles. The van der Waals surface area contributed by atoms with E-state index in [0.717, 1.165) is 37.5 Å². The zero-order chi connectivity index (χ0) is 19.6. The normalized spacial score (nSPS) is 17.1. The van der Waals surface area contributed by atoms with Crippen molar-refractivity contribution in [2.75, 3.05) is 26.2 Å². The van der Waals surface area contributed by atoms with E-state index in [1.807, 2.05) is 12.3 Å². The molecule has 1 aromatic carbocycles. The van der Waals surface area contributed by atoms with E-state index in [2.05, 4.69) is 20.2 Å². The van der Waals surface area contributed by atoms with Gasteiger partial charge in [0.05, 0.1) is 6.33 Å². The maximum atomic E-state index is 13.1. The standard InChI is InChI=1S/C22H31FN4O/c23-20-6-3-5-18(14-20)8-11-25-22(28)10-13-27-12-9-19(16-27)4-1-2-7-21-15-24-17-26-21/h3,5-6,14-15,17,19H,1-2,4,7-13,16H2,(H,24,26)(H,25,28)/t19-/m0/s1. The lowest BCUT2D eigenvalue weighted by Gasteiger charge is -2.16. The summed E-state index contributed by atoms with van der Waals surface area (Å²) in [7, 11) is 0. The van der Waals surface area contributed by atoms with Gasteiger partial charge in [-0.1, -0.05) is 18.6 Å². The first-order valence-electron chi connectivity index (χ1n) is 10.4. The minimum Gasteiger partial charge on any atom is -0.356 e. The number of halogens is 1. The SMILES string of the molecule is O=C(CCN1CC[C@H](CCCCc2cnc[nH]2)C1)NCCc1cccc(F)c1. The van der Waals surface area contributed by atoms with Crippen LogP contribution in [0.1, 0.15) is 43.4 Å². The van der Waals surface area contributed by atoms with Crippen molar-refractivity contribution in [2.45, 2.75) is 44.9 Å². The lowest BCUT2D eigenvalue weighted by molar-refractivity contribution is -0.121. The molecule has 1 aliphatic heterocycles. The Hall–Kier alpha value is -2.21. The van der Waals surface area contributed by atoms with Crippen LogP contribution in [-0.2, 0) is 17.6 Å². The molecular weight excluding hydrogens is 355 g/mol. The molecule has 1 atom stereocenters. The van der Waals surface area contributed by atoms with E-state index in [9.17, 15) is 9.18 Å². The predicted molar refractivity (Wildman–Crippen MR) is 108 cm³/mol. The highest BCUT2D eigenvalue weighted by molar-refractivity contribution is 5.76. The fraction of sp³-hybridized carbons (Fsp3) is 0.545. The third-order valence-corrected chi connectivity index (χ3v) is 5.51. The number of H-pyrrole nitrogens is 1. The van der Waals surface area contributed by atoms with Crippen molar-refractivity contribution in [3.63, 3.8) is 0 Å². The van der Waals surface area contributed by atoms with Gasteiger partial charge in [-0.2, -0.15) is 0 Å². The minimum atomic E-state index is -0.228. The summed E-state index contributed by atoms with van der Waals surface area (Å²) in [4.78, 5) is 21.7. The number of likely N-dealkylation sites (tertiary alicyclic amines) is 1. The van der Waals surface area contributed by atoms with E-state index in [-0.39, 0.29) is 11.7 Å². The van der Waals surface area contributed by atoms with E-state index < -0.39 is 0 Å². The average molecular weight is 387 g/mol. The molecular formula is C22H31FN4O. The summed E-state index contributed by atoms with van der Waals surface area (Å²) in [5, 5.41) is 2.94. The quantitative estimate of drug-likeness (QED) is 0.583. The summed E-state index contributed by atoms with van der Waals surface area (Å²) in [6.07, 6.45) is 10.9. The second-order valence-corrected chi connectivity index (χ2v) is 7.76. The van der Waals surface area contributed by atoms with Crippen LogP contribution in [0.3, 0.4) is 0 Å². The van der Waals surface area contributed by atoms with Crippen LogP contribution in [0.5, 0.6) is 0 Å². The van der Waals surface area contributed by atoms with Crippen molar-refractivity contribution in [3.8, 4) is 0 Å². The molecule has 0 aliphatic carbocycles. The van der Waals surface area contributed by atoms with Gasteiger partial charge in [-0.15, -0.1) is 0 Å². The van der Waals surface area contributed by atoms with Crippen molar-refractivity contribution < 1.29 is 9.18 Å². The number of imidazole rings is 1. The summed E-state index contributed by atoms with van der Waals surface area (Å²) in [5.41, 5.74) is 2.13. The first-order valence-corrected chi connectivity index (χ1v) is 10.4. The van der Waals surface area contributed by atoms with Gasteiger partial charge in [-0.05, 0) is 62.3 Å². The number of hydrogen-bond donors (Lipinski definition) is 2. The van der Waals surface area contributed by atoms with E-state index in [1.165, 1.54) is 43.5 Å². The van der Waals surface area contributed by atoms with Crippen molar-refractivity contribution >= 4 is 5.91 Å². The summed E-state index contributed by atoms with van der Waals surface area (Å²) in [6, 6.07) is 6.54. The summed E-state index contributed by atoms with van der Waals surface area (Å²) in [6.45, 7) is 3.60. The summed E-state index contributed by atoms with van der Waals surface area (Å²) >= 11 is 0. The molecule has 0 radical (unpaired) electrons. The molecule has 0 spiro atoms. The van der Waals surface area contributed by atoms with Crippen LogP contribution in [0, 0.1) is 11.7 Å². The number of aryl methyl sites for hydroxylation is 1. The Kier molecular flexibility index (Phi) is 8.03. The van der Waals surface area contributed by atoms with Gasteiger partial charge in [0.15, 0.2) is 0 Å². The van der Waals surface area contributed by atoms with Crippen molar-refractivity contribution in [1.82, 2.24) is 20.2 Å². The van der Waals surface area contributed by atoms with Gasteiger partial charge in [0.2, 0.25) is 5.91 Å². The van der Waals surface area contributed by atoms with Gasteiger partial charge in [0.25, 0.3) is 0 Å². The topological polar surface area (TPSA) is 61.0 Å². The number of carbonyl (C=O) groups excluding carboxylic acids is 1. The molecule has 0 unspecified atom stereocenters. The Morgan fingerprint density at radius 2 is 2.25 bits per heavy atom. The Bertz CT molecular complexity index is 719. The number of benzene rings is 1. The van der Waals surface area contributed by atoms with Gasteiger partial charge < -0.3 is 15.2 Å². The third-order valence-electron chi connectivity index (χ3n) is 5.51. The van der Waals surface area contributed by atoms with E-state index in [0.29, 0.717) is 19.4 Å². The number of hydrogen-bond acceptors (Lipinski definition) is 3. The molecule has 1 saturated heterocycles. The number of aromatic amines is 1. The van der Waals surface area contributed by atoms with Crippen molar-refractivity contribution in [1.29, 1.82) is 0 Å². The number of aromatic nitrogens is 2. The molecule has 5 nitrogen and oxygen atoms in total. The third kappa shape index (κ3) is 7.08. The van der Waals surface area contributed by atoms with Gasteiger partial charge in [0.1, 0.15) is 5.82 Å². The number of nitrogens with zero attached hydrogens (tertiary/aromatic N) is 2. The summed E-state index contributed by atoms with van der Waals surface area (Å²) < 4.78 is 13.1. The maximum absolute atomic E-state index is 13.1. The van der Waals surface area contributed by atoms with Crippen LogP contribution in [0.25, 0.3) is 0 Å². The lowest BCUT2D eigenvalue weighted by Crippen LogP contribution is -2.31. The second kappa shape index (κ2) is 11.0. The Morgan fingerprint density at radius 1 is 1.32 bits per heavy atom. The zero-order valence-electron chi connectivity index (χ0n) is 16.5. The Balaban J connectivity index is 1.22. The maximum Gasteiger partial charge on any atom is 0.221 e. The van der Waals surface area contributed by atoms with Gasteiger partial charge in [0, 0.05) is 37.9 Å². The van der Waals surface area contributed by atoms with Gasteiger partial charge in [-0.3, -0.25) is 4.79 Å². The molecule has 28 heavy (non-hydrogen) atoms. The van der Waals surface area contributed by atoms with Crippen LogP contribution in [0.4, 0.5) is 4.39 Å². The molecule has 1 amide bonds. The van der Waals surface area contributed by atoms with E-state index >= 15 is 0 Å². The largest absolute Gasteiger partial charge is 0.356 e. The smallest absolute Gasteiger partial charge is 0.221 e. The Labute approximate surface area is 166 Å². The van der Waals surface area contributed by atoms with Crippen molar-refractivity contribution in [2.24, 2.45) is 5.92 Å². The highest BCUT2D eigenvalue weighted by Crippen LogP contribution is 2.22. The molecule has 6 heteroatoms. The van der Waals surface area contributed by atoms with Crippen molar-refractivity contribution in [3.05, 3.63) is 53.9 Å². The van der Waals surface area contributed by atoms with Crippen LogP contribution >= 0.6 is 0 Å². The number of rotatable bonds is 11. The highest BCUT2D eigenvalue weighted by atomic mass is 19.1. The molecule has 3 rings (SSSR count). The number of amides is 1. The van der Waals surface area contributed by atoms with Gasteiger partial charge >= 0.3 is 0 Å². The highest BCUT2D eigenvalue weighted by Gasteiger charge is 2.22. The molecule has 1 aromatic heterocycles. The van der Waals surface area contributed by atoms with Crippen LogP contribution in [0.2, 0.25) is 0 Å². The van der Waals surface area contributed by atoms with Crippen LogP contribution in [0.15, 0.2) is 36.8 Å². The predicted octanol–water partition coefficient (Wildman–Crippen LogP) is 3.33. The van der Waals surface area contributed by atoms with Gasteiger partial charge in [-0.25, -0.2) is 9.37 Å². The fourth-order valence-corrected chi connectivity index (χ4v) is 3.91. The number of nitrogens with one attached hydrogen (secondary N) is 2.